The molecule has 0 fully saturated rings. The van der Waals surface area contributed by atoms with Gasteiger partial charge < -0.3 is 4.74 Å². The summed E-state index contributed by atoms with van der Waals surface area (Å²) in [5.74, 6) is 0.0794. The number of carbonyl (C=O) groups excluding carboxylic acids is 1. The highest BCUT2D eigenvalue weighted by molar-refractivity contribution is 6.30. The van der Waals surface area contributed by atoms with E-state index in [0.717, 1.165) is 5.69 Å². The first kappa shape index (κ1) is 14.3. The summed E-state index contributed by atoms with van der Waals surface area (Å²) in [4.78, 5) is 11.2. The molecule has 0 aliphatic heterocycles. The molecule has 1 heterocycles. The quantitative estimate of drug-likeness (QED) is 0.548. The number of ether oxygens (including phenoxy) is 1. The molecule has 6 heteroatoms. The number of hydrogen-bond acceptors (Lipinski definition) is 4. The topological polar surface area (TPSA) is 57.0 Å². The van der Waals surface area contributed by atoms with E-state index in [1.165, 1.54) is 6.92 Å². The third-order valence-electron chi connectivity index (χ3n) is 3.00. The maximum atomic E-state index is 11.2. The van der Waals surface area contributed by atoms with Gasteiger partial charge in [-0.3, -0.25) is 4.79 Å². The Morgan fingerprint density at radius 1 is 1.14 bits per heavy atom. The standard InChI is InChI=1S/C16H12ClN3O2/c1-11(21)22-16-5-3-2-4-14(16)15-10-20(19-18-15)13-8-6-12(17)7-9-13/h2-10H,1H3. The molecule has 22 heavy (non-hydrogen) atoms. The lowest BCUT2D eigenvalue weighted by Crippen LogP contribution is -2.02. The molecule has 5 nitrogen and oxygen atoms in total. The van der Waals surface area contributed by atoms with E-state index in [2.05, 4.69) is 10.3 Å². The molecule has 0 amide bonds. The van der Waals surface area contributed by atoms with E-state index in [1.54, 1.807) is 35.1 Å². The molecular weight excluding hydrogens is 302 g/mol. The van der Waals surface area contributed by atoms with Crippen LogP contribution in [0.15, 0.2) is 54.7 Å². The fourth-order valence-electron chi connectivity index (χ4n) is 2.03. The second kappa shape index (κ2) is 5.99. The number of benzene rings is 2. The average Bonchev–Trinajstić information content (AvgIpc) is 2.97. The Bertz CT molecular complexity index is 812. The number of aromatic nitrogens is 3. The second-order valence-electron chi connectivity index (χ2n) is 4.61. The van der Waals surface area contributed by atoms with Crippen LogP contribution < -0.4 is 4.74 Å². The van der Waals surface area contributed by atoms with Crippen LogP contribution in [0.2, 0.25) is 5.02 Å². The third kappa shape index (κ3) is 2.99. The van der Waals surface area contributed by atoms with E-state index in [1.807, 2.05) is 24.3 Å². The van der Waals surface area contributed by atoms with Gasteiger partial charge in [-0.25, -0.2) is 4.68 Å². The van der Waals surface area contributed by atoms with Crippen molar-refractivity contribution in [3.63, 3.8) is 0 Å². The predicted molar refractivity (Wildman–Crippen MR) is 83.1 cm³/mol. The molecule has 0 atom stereocenters. The largest absolute Gasteiger partial charge is 0.426 e. The SMILES string of the molecule is CC(=O)Oc1ccccc1-c1cn(-c2ccc(Cl)cc2)nn1. The maximum absolute atomic E-state index is 11.2. The van der Waals surface area contributed by atoms with Gasteiger partial charge in [0.2, 0.25) is 0 Å². The number of carbonyl (C=O) groups is 1. The van der Waals surface area contributed by atoms with Crippen LogP contribution in [0, 0.1) is 0 Å². The lowest BCUT2D eigenvalue weighted by atomic mass is 10.1. The predicted octanol–water partition coefficient (Wildman–Crippen LogP) is 3.51. The van der Waals surface area contributed by atoms with Crippen molar-refractivity contribution < 1.29 is 9.53 Å². The van der Waals surface area contributed by atoms with Crippen LogP contribution in [0.25, 0.3) is 16.9 Å². The van der Waals surface area contributed by atoms with E-state index < -0.39 is 0 Å². The molecule has 0 aliphatic carbocycles. The summed E-state index contributed by atoms with van der Waals surface area (Å²) in [5.41, 5.74) is 2.16. The van der Waals surface area contributed by atoms with Gasteiger partial charge in [0.25, 0.3) is 0 Å². The number of nitrogens with zero attached hydrogens (tertiary/aromatic N) is 3. The van der Waals surface area contributed by atoms with Gasteiger partial charge in [-0.1, -0.05) is 28.9 Å². The zero-order valence-corrected chi connectivity index (χ0v) is 12.5. The monoisotopic (exact) mass is 313 g/mol. The highest BCUT2D eigenvalue weighted by Crippen LogP contribution is 2.28. The first-order chi connectivity index (χ1) is 10.6. The fraction of sp³-hybridized carbons (Fsp3) is 0.0625. The number of esters is 1. The number of rotatable bonds is 3. The van der Waals surface area contributed by atoms with Crippen LogP contribution >= 0.6 is 11.6 Å². The van der Waals surface area contributed by atoms with Crippen LogP contribution in [0.3, 0.4) is 0 Å². The van der Waals surface area contributed by atoms with Crippen molar-refractivity contribution in [2.24, 2.45) is 0 Å². The van der Waals surface area contributed by atoms with Crippen molar-refractivity contribution in [2.75, 3.05) is 0 Å². The van der Waals surface area contributed by atoms with Crippen LogP contribution in [0.5, 0.6) is 5.75 Å². The van der Waals surface area contributed by atoms with E-state index in [4.69, 9.17) is 16.3 Å². The molecular formula is C16H12ClN3O2. The highest BCUT2D eigenvalue weighted by atomic mass is 35.5. The lowest BCUT2D eigenvalue weighted by molar-refractivity contribution is -0.131. The second-order valence-corrected chi connectivity index (χ2v) is 5.05. The Morgan fingerprint density at radius 2 is 1.86 bits per heavy atom. The Labute approximate surface area is 132 Å². The lowest BCUT2D eigenvalue weighted by Gasteiger charge is -2.05. The van der Waals surface area contributed by atoms with Gasteiger partial charge >= 0.3 is 5.97 Å². The van der Waals surface area contributed by atoms with Crippen molar-refractivity contribution in [1.29, 1.82) is 0 Å². The molecule has 0 spiro atoms. The summed E-state index contributed by atoms with van der Waals surface area (Å²) < 4.78 is 6.83. The molecule has 110 valence electrons. The van der Waals surface area contributed by atoms with Gasteiger partial charge in [0.1, 0.15) is 11.4 Å². The number of halogens is 1. The molecule has 1 aromatic heterocycles. The summed E-state index contributed by atoms with van der Waals surface area (Å²) in [6.45, 7) is 1.36. The Hall–Kier alpha value is -2.66. The Kier molecular flexibility index (Phi) is 3.89. The molecule has 2 aromatic carbocycles. The van der Waals surface area contributed by atoms with Gasteiger partial charge in [0.15, 0.2) is 0 Å². The third-order valence-corrected chi connectivity index (χ3v) is 3.25. The minimum absolute atomic E-state index is 0.377. The zero-order chi connectivity index (χ0) is 15.5. The molecule has 3 aromatic rings. The number of hydrogen-bond donors (Lipinski definition) is 0. The molecule has 0 saturated heterocycles. The molecule has 0 saturated carbocycles. The van der Waals surface area contributed by atoms with E-state index >= 15 is 0 Å². The van der Waals surface area contributed by atoms with Gasteiger partial charge in [-0.05, 0) is 36.4 Å². The smallest absolute Gasteiger partial charge is 0.308 e. The van der Waals surface area contributed by atoms with Gasteiger partial charge in [-0.15, -0.1) is 5.10 Å². The average molecular weight is 314 g/mol. The normalized spacial score (nSPS) is 10.5. The minimum atomic E-state index is -0.377. The summed E-state index contributed by atoms with van der Waals surface area (Å²) in [6.07, 6.45) is 1.77. The summed E-state index contributed by atoms with van der Waals surface area (Å²) in [7, 11) is 0. The first-order valence-corrected chi connectivity index (χ1v) is 6.97. The molecule has 0 unspecified atom stereocenters. The first-order valence-electron chi connectivity index (χ1n) is 6.59. The van der Waals surface area contributed by atoms with Crippen molar-refractivity contribution >= 4 is 17.6 Å². The van der Waals surface area contributed by atoms with Crippen molar-refractivity contribution in [2.45, 2.75) is 6.92 Å². The molecule has 0 aliphatic rings. The summed E-state index contributed by atoms with van der Waals surface area (Å²) in [6, 6.07) is 14.5. The van der Waals surface area contributed by atoms with Crippen molar-refractivity contribution in [3.8, 4) is 22.7 Å². The summed E-state index contributed by atoms with van der Waals surface area (Å²) in [5, 5.41) is 8.89. The maximum Gasteiger partial charge on any atom is 0.308 e. The van der Waals surface area contributed by atoms with Gasteiger partial charge in [0.05, 0.1) is 11.9 Å². The van der Waals surface area contributed by atoms with Crippen molar-refractivity contribution in [1.82, 2.24) is 15.0 Å². The Balaban J connectivity index is 1.97. The molecule has 3 rings (SSSR count). The molecule has 0 radical (unpaired) electrons. The summed E-state index contributed by atoms with van der Waals surface area (Å²) >= 11 is 5.88. The van der Waals surface area contributed by atoms with Crippen LogP contribution in [0.1, 0.15) is 6.92 Å². The Morgan fingerprint density at radius 3 is 2.59 bits per heavy atom. The van der Waals surface area contributed by atoms with Gasteiger partial charge in [0, 0.05) is 17.5 Å². The minimum Gasteiger partial charge on any atom is -0.426 e. The number of para-hydroxylation sites is 1. The van der Waals surface area contributed by atoms with E-state index in [-0.39, 0.29) is 5.97 Å². The van der Waals surface area contributed by atoms with Crippen molar-refractivity contribution in [3.05, 3.63) is 59.8 Å². The molecule has 0 bridgehead atoms. The van der Waals surface area contributed by atoms with E-state index in [0.29, 0.717) is 22.0 Å². The highest BCUT2D eigenvalue weighted by Gasteiger charge is 2.12. The van der Waals surface area contributed by atoms with Crippen LogP contribution in [-0.2, 0) is 4.79 Å². The fourth-order valence-corrected chi connectivity index (χ4v) is 2.16. The van der Waals surface area contributed by atoms with Gasteiger partial charge in [-0.2, -0.15) is 0 Å². The van der Waals surface area contributed by atoms with E-state index in [9.17, 15) is 4.79 Å². The van der Waals surface area contributed by atoms with Crippen LogP contribution in [-0.4, -0.2) is 21.0 Å². The zero-order valence-electron chi connectivity index (χ0n) is 11.7. The molecule has 0 N–H and O–H groups in total. The van der Waals surface area contributed by atoms with Crippen LogP contribution in [0.4, 0.5) is 0 Å².